The second-order valence-electron chi connectivity index (χ2n) is 5.47. The molecule has 2 aromatic rings. The summed E-state index contributed by atoms with van der Waals surface area (Å²) in [5, 5.41) is 0. The van der Waals surface area contributed by atoms with E-state index in [0.717, 1.165) is 0 Å². The molecule has 0 aliphatic heterocycles. The molecule has 2 N–H and O–H groups in total. The van der Waals surface area contributed by atoms with Gasteiger partial charge in [0.15, 0.2) is 6.61 Å². The normalized spacial score (nSPS) is 10.7. The Hall–Kier alpha value is -3.61. The number of carbonyl (C=O) groups excluding carboxylic acids is 3. The number of para-hydroxylation sites is 1. The molecule has 0 bridgehead atoms. The van der Waals surface area contributed by atoms with Crippen molar-refractivity contribution in [2.75, 3.05) is 13.7 Å². The van der Waals surface area contributed by atoms with Crippen LogP contribution in [-0.2, 0) is 19.1 Å². The minimum atomic E-state index is -0.676. The lowest BCUT2D eigenvalue weighted by atomic mass is 10.0. The fraction of sp³-hybridized carbons (Fsp3) is 0.150. The molecule has 7 heteroatoms. The molecule has 2 rings (SSSR count). The van der Waals surface area contributed by atoms with Gasteiger partial charge in [-0.3, -0.25) is 20.4 Å². The van der Waals surface area contributed by atoms with E-state index < -0.39 is 24.4 Å². The summed E-state index contributed by atoms with van der Waals surface area (Å²) < 4.78 is 10.4. The number of hydrogen-bond donors (Lipinski definition) is 2. The molecule has 2 amide bonds. The highest BCUT2D eigenvalue weighted by Gasteiger charge is 2.16. The van der Waals surface area contributed by atoms with Gasteiger partial charge in [0.25, 0.3) is 5.91 Å². The van der Waals surface area contributed by atoms with Crippen LogP contribution in [0.1, 0.15) is 18.1 Å². The van der Waals surface area contributed by atoms with E-state index in [4.69, 9.17) is 9.47 Å². The third-order valence-electron chi connectivity index (χ3n) is 3.46. The zero-order valence-corrected chi connectivity index (χ0v) is 15.0. The minimum absolute atomic E-state index is 0.271. The number of hydrazine groups is 1. The van der Waals surface area contributed by atoms with Crippen molar-refractivity contribution < 1.29 is 23.9 Å². The van der Waals surface area contributed by atoms with Crippen LogP contribution in [0.2, 0.25) is 0 Å². The first-order chi connectivity index (χ1) is 13.0. The van der Waals surface area contributed by atoms with Gasteiger partial charge in [-0.25, -0.2) is 4.79 Å². The number of amides is 2. The van der Waals surface area contributed by atoms with Crippen LogP contribution in [0.3, 0.4) is 0 Å². The van der Waals surface area contributed by atoms with E-state index in [2.05, 4.69) is 10.9 Å². The number of hydrogen-bond acceptors (Lipinski definition) is 5. The summed E-state index contributed by atoms with van der Waals surface area (Å²) in [4.78, 5) is 35.0. The number of nitrogens with one attached hydrogen (secondary N) is 2. The second-order valence-corrected chi connectivity index (χ2v) is 5.47. The summed E-state index contributed by atoms with van der Waals surface area (Å²) in [6.07, 6.45) is 1.64. The van der Waals surface area contributed by atoms with Crippen LogP contribution in [0.15, 0.2) is 54.6 Å². The van der Waals surface area contributed by atoms with Crippen molar-refractivity contribution in [2.45, 2.75) is 6.92 Å². The Morgan fingerprint density at radius 2 is 1.63 bits per heavy atom. The van der Waals surface area contributed by atoms with Crippen LogP contribution < -0.4 is 15.6 Å². The summed E-state index contributed by atoms with van der Waals surface area (Å²) in [7, 11) is 1.54. The van der Waals surface area contributed by atoms with Crippen molar-refractivity contribution in [3.8, 4) is 5.75 Å². The van der Waals surface area contributed by atoms with Crippen molar-refractivity contribution >= 4 is 29.4 Å². The van der Waals surface area contributed by atoms with Crippen LogP contribution in [0.25, 0.3) is 11.6 Å². The zero-order chi connectivity index (χ0) is 19.6. The Labute approximate surface area is 156 Å². The van der Waals surface area contributed by atoms with Gasteiger partial charge in [0, 0.05) is 12.5 Å². The minimum Gasteiger partial charge on any atom is -0.496 e. The van der Waals surface area contributed by atoms with Gasteiger partial charge < -0.3 is 9.47 Å². The van der Waals surface area contributed by atoms with E-state index in [9.17, 15) is 14.4 Å². The molecule has 0 aliphatic rings. The van der Waals surface area contributed by atoms with Crippen LogP contribution >= 0.6 is 0 Å². The first-order valence-corrected chi connectivity index (χ1v) is 8.14. The monoisotopic (exact) mass is 368 g/mol. The molecular weight excluding hydrogens is 348 g/mol. The van der Waals surface area contributed by atoms with Crippen molar-refractivity contribution in [1.29, 1.82) is 0 Å². The Kier molecular flexibility index (Phi) is 7.13. The number of rotatable bonds is 6. The van der Waals surface area contributed by atoms with E-state index in [-0.39, 0.29) is 5.57 Å². The Bertz CT molecular complexity index is 846. The van der Waals surface area contributed by atoms with Gasteiger partial charge >= 0.3 is 5.97 Å². The van der Waals surface area contributed by atoms with E-state index in [1.165, 1.54) is 6.92 Å². The molecule has 0 spiro atoms. The highest BCUT2D eigenvalue weighted by Crippen LogP contribution is 2.25. The first kappa shape index (κ1) is 19.7. The maximum absolute atomic E-state index is 12.6. The Morgan fingerprint density at radius 3 is 2.30 bits per heavy atom. The summed E-state index contributed by atoms with van der Waals surface area (Å²) in [6.45, 7) is 0.713. The van der Waals surface area contributed by atoms with E-state index in [0.29, 0.717) is 16.9 Å². The maximum Gasteiger partial charge on any atom is 0.339 e. The maximum atomic E-state index is 12.6. The molecule has 0 aromatic heterocycles. The standard InChI is InChI=1S/C20H20N2O5/c1-14(23)21-22-19(24)13-27-20(25)17(15-8-4-3-5-9-15)12-16-10-6-7-11-18(16)26-2/h3-12H,13H2,1-2H3,(H,21,23)(H,22,24)/b17-12+. The molecule has 140 valence electrons. The van der Waals surface area contributed by atoms with Crippen LogP contribution in [0, 0.1) is 0 Å². The van der Waals surface area contributed by atoms with Gasteiger partial charge in [0.2, 0.25) is 5.91 Å². The van der Waals surface area contributed by atoms with Gasteiger partial charge in [0.1, 0.15) is 5.75 Å². The average molecular weight is 368 g/mol. The molecule has 27 heavy (non-hydrogen) atoms. The topological polar surface area (TPSA) is 93.7 Å². The molecule has 0 saturated heterocycles. The molecule has 2 aromatic carbocycles. The number of methoxy groups -OCH3 is 1. The van der Waals surface area contributed by atoms with Gasteiger partial charge in [-0.1, -0.05) is 48.5 Å². The largest absolute Gasteiger partial charge is 0.496 e. The highest BCUT2D eigenvalue weighted by molar-refractivity contribution is 6.22. The zero-order valence-electron chi connectivity index (χ0n) is 15.0. The fourth-order valence-electron chi connectivity index (χ4n) is 2.22. The van der Waals surface area contributed by atoms with Gasteiger partial charge in [0.05, 0.1) is 12.7 Å². The van der Waals surface area contributed by atoms with Crippen LogP contribution in [0.4, 0.5) is 0 Å². The average Bonchev–Trinajstić information content (AvgIpc) is 2.69. The molecular formula is C20H20N2O5. The number of ether oxygens (including phenoxy) is 2. The molecule has 0 saturated carbocycles. The highest BCUT2D eigenvalue weighted by atomic mass is 16.5. The molecule has 7 nitrogen and oxygen atoms in total. The Balaban J connectivity index is 2.23. The lowest BCUT2D eigenvalue weighted by Crippen LogP contribution is -2.42. The van der Waals surface area contributed by atoms with E-state index in [1.807, 2.05) is 18.2 Å². The molecule has 0 fully saturated rings. The predicted octanol–water partition coefficient (Wildman–Crippen LogP) is 1.95. The quantitative estimate of drug-likeness (QED) is 0.352. The van der Waals surface area contributed by atoms with Crippen molar-refractivity contribution in [1.82, 2.24) is 10.9 Å². The second kappa shape index (κ2) is 9.76. The summed E-state index contributed by atoms with van der Waals surface area (Å²) in [5.41, 5.74) is 5.85. The number of benzene rings is 2. The summed E-state index contributed by atoms with van der Waals surface area (Å²) in [5.74, 6) is -1.16. The van der Waals surface area contributed by atoms with Crippen molar-refractivity contribution in [3.05, 3.63) is 65.7 Å². The Morgan fingerprint density at radius 1 is 0.963 bits per heavy atom. The first-order valence-electron chi connectivity index (χ1n) is 8.14. The third kappa shape index (κ3) is 6.00. The van der Waals surface area contributed by atoms with Gasteiger partial charge in [-0.15, -0.1) is 0 Å². The lowest BCUT2D eigenvalue weighted by molar-refractivity contribution is -0.143. The number of carbonyl (C=O) groups is 3. The predicted molar refractivity (Wildman–Crippen MR) is 100 cm³/mol. The fourth-order valence-corrected chi connectivity index (χ4v) is 2.22. The van der Waals surface area contributed by atoms with Crippen LogP contribution in [0.5, 0.6) is 5.75 Å². The molecule has 0 aliphatic carbocycles. The third-order valence-corrected chi connectivity index (χ3v) is 3.46. The number of esters is 1. The van der Waals surface area contributed by atoms with Crippen molar-refractivity contribution in [2.24, 2.45) is 0 Å². The molecule has 0 unspecified atom stereocenters. The smallest absolute Gasteiger partial charge is 0.339 e. The van der Waals surface area contributed by atoms with Crippen molar-refractivity contribution in [3.63, 3.8) is 0 Å². The molecule has 0 atom stereocenters. The summed E-state index contributed by atoms with van der Waals surface area (Å²) >= 11 is 0. The van der Waals surface area contributed by atoms with Crippen LogP contribution in [-0.4, -0.2) is 31.5 Å². The lowest BCUT2D eigenvalue weighted by Gasteiger charge is -2.11. The van der Waals surface area contributed by atoms with E-state index >= 15 is 0 Å². The summed E-state index contributed by atoms with van der Waals surface area (Å²) in [6, 6.07) is 16.2. The van der Waals surface area contributed by atoms with Gasteiger partial charge in [-0.05, 0) is 17.7 Å². The SMILES string of the molecule is COc1ccccc1/C=C(/C(=O)OCC(=O)NNC(C)=O)c1ccccc1. The molecule has 0 radical (unpaired) electrons. The van der Waals surface area contributed by atoms with E-state index in [1.54, 1.807) is 49.6 Å². The molecule has 0 heterocycles. The van der Waals surface area contributed by atoms with Gasteiger partial charge in [-0.2, -0.15) is 0 Å².